The molecule has 1 aliphatic rings. The molecule has 0 bridgehead atoms. The summed E-state index contributed by atoms with van der Waals surface area (Å²) in [6.07, 6.45) is 4.95. The van der Waals surface area contributed by atoms with E-state index < -0.39 is 0 Å². The number of likely N-dealkylation sites (tertiary alicyclic amines) is 1. The minimum absolute atomic E-state index is 0.521. The van der Waals surface area contributed by atoms with Gasteiger partial charge in [-0.15, -0.1) is 0 Å². The van der Waals surface area contributed by atoms with Gasteiger partial charge in [0.05, 0.1) is 0 Å². The van der Waals surface area contributed by atoms with Crippen molar-refractivity contribution in [2.24, 2.45) is 5.92 Å². The number of rotatable bonds is 7. The van der Waals surface area contributed by atoms with Gasteiger partial charge in [-0.25, -0.2) is 0 Å². The summed E-state index contributed by atoms with van der Waals surface area (Å²) in [5, 5.41) is 0. The third-order valence-corrected chi connectivity index (χ3v) is 6.15. The summed E-state index contributed by atoms with van der Waals surface area (Å²) in [5.74, 6) is 1.36. The lowest BCUT2D eigenvalue weighted by Crippen LogP contribution is -2.34. The van der Waals surface area contributed by atoms with Crippen molar-refractivity contribution in [1.29, 1.82) is 0 Å². The first-order chi connectivity index (χ1) is 13.8. The third kappa shape index (κ3) is 5.14. The Morgan fingerprint density at radius 3 is 2.18 bits per heavy atom. The fourth-order valence-electron chi connectivity index (χ4n) is 4.45. The largest absolute Gasteiger partial charge is 0.361 e. The minimum Gasteiger partial charge on any atom is -0.361 e. The van der Waals surface area contributed by atoms with Crippen molar-refractivity contribution < 1.29 is 0 Å². The van der Waals surface area contributed by atoms with Crippen molar-refractivity contribution in [1.82, 2.24) is 9.88 Å². The van der Waals surface area contributed by atoms with Crippen LogP contribution in [0.2, 0.25) is 0 Å². The van der Waals surface area contributed by atoms with E-state index in [0.717, 1.165) is 18.9 Å². The molecule has 0 saturated carbocycles. The Morgan fingerprint density at radius 2 is 1.50 bits per heavy atom. The first kappa shape index (κ1) is 19.0. The molecule has 146 valence electrons. The molecular weight excluding hydrogens is 340 g/mol. The molecule has 2 heterocycles. The van der Waals surface area contributed by atoms with Gasteiger partial charge in [-0.3, -0.25) is 4.90 Å². The highest BCUT2D eigenvalue weighted by Crippen LogP contribution is 2.24. The second kappa shape index (κ2) is 9.25. The molecule has 28 heavy (non-hydrogen) atoms. The van der Waals surface area contributed by atoms with E-state index in [1.54, 1.807) is 0 Å². The standard InChI is InChI=1S/C26H32N2/c1-21(18-22-8-4-2-5-9-22)26-13-12-25(27-26)20-28-16-14-24(15-17-28)19-23-10-6-3-7-11-23/h2-13,21,24,27H,14-20H2,1H3. The zero-order chi connectivity index (χ0) is 19.2. The van der Waals surface area contributed by atoms with Crippen LogP contribution in [-0.4, -0.2) is 23.0 Å². The van der Waals surface area contributed by atoms with E-state index in [1.165, 1.54) is 54.9 Å². The first-order valence-electron chi connectivity index (χ1n) is 10.7. The molecule has 2 aromatic carbocycles. The van der Waals surface area contributed by atoms with E-state index in [1.807, 2.05) is 0 Å². The number of benzene rings is 2. The van der Waals surface area contributed by atoms with Crippen molar-refractivity contribution in [3.8, 4) is 0 Å². The SMILES string of the molecule is CC(Cc1ccccc1)c1ccc(CN2CCC(Cc3ccccc3)CC2)[nH]1. The highest BCUT2D eigenvalue weighted by Gasteiger charge is 2.20. The Kier molecular flexibility index (Phi) is 6.28. The number of aromatic amines is 1. The number of nitrogens with zero attached hydrogens (tertiary/aromatic N) is 1. The Morgan fingerprint density at radius 1 is 0.857 bits per heavy atom. The van der Waals surface area contributed by atoms with Crippen LogP contribution in [-0.2, 0) is 19.4 Å². The van der Waals surface area contributed by atoms with Gasteiger partial charge < -0.3 is 4.98 Å². The minimum atomic E-state index is 0.521. The molecule has 3 aromatic rings. The Balaban J connectivity index is 1.25. The molecule has 0 radical (unpaired) electrons. The molecule has 4 rings (SSSR count). The summed E-state index contributed by atoms with van der Waals surface area (Å²) in [6, 6.07) is 26.3. The topological polar surface area (TPSA) is 19.0 Å². The van der Waals surface area contributed by atoms with Crippen molar-refractivity contribution in [2.75, 3.05) is 13.1 Å². The number of piperidine rings is 1. The Hall–Kier alpha value is -2.32. The van der Waals surface area contributed by atoms with Gasteiger partial charge in [0, 0.05) is 23.9 Å². The molecular formula is C26H32N2. The van der Waals surface area contributed by atoms with Gasteiger partial charge >= 0.3 is 0 Å². The van der Waals surface area contributed by atoms with E-state index in [2.05, 4.69) is 89.6 Å². The van der Waals surface area contributed by atoms with E-state index in [-0.39, 0.29) is 0 Å². The van der Waals surface area contributed by atoms with Crippen LogP contribution in [0.25, 0.3) is 0 Å². The van der Waals surface area contributed by atoms with Gasteiger partial charge in [0.15, 0.2) is 0 Å². The summed E-state index contributed by atoms with van der Waals surface area (Å²) in [5.41, 5.74) is 5.61. The quantitative estimate of drug-likeness (QED) is 0.554. The van der Waals surface area contributed by atoms with Crippen LogP contribution >= 0.6 is 0 Å². The molecule has 1 atom stereocenters. The fourth-order valence-corrected chi connectivity index (χ4v) is 4.45. The molecule has 2 nitrogen and oxygen atoms in total. The monoisotopic (exact) mass is 372 g/mol. The number of hydrogen-bond donors (Lipinski definition) is 1. The third-order valence-electron chi connectivity index (χ3n) is 6.15. The van der Waals surface area contributed by atoms with Crippen molar-refractivity contribution in [2.45, 2.75) is 45.1 Å². The number of nitrogens with one attached hydrogen (secondary N) is 1. The lowest BCUT2D eigenvalue weighted by atomic mass is 9.90. The number of H-pyrrole nitrogens is 1. The maximum Gasteiger partial charge on any atom is 0.0385 e. The maximum absolute atomic E-state index is 3.69. The van der Waals surface area contributed by atoms with Crippen LogP contribution < -0.4 is 0 Å². The van der Waals surface area contributed by atoms with E-state index in [0.29, 0.717) is 5.92 Å². The normalized spacial score (nSPS) is 16.9. The Labute approximate surface area is 169 Å². The van der Waals surface area contributed by atoms with Gasteiger partial charge in [0.2, 0.25) is 0 Å². The second-order valence-electron chi connectivity index (χ2n) is 8.44. The van der Waals surface area contributed by atoms with Gasteiger partial charge in [0.25, 0.3) is 0 Å². The van der Waals surface area contributed by atoms with Crippen LogP contribution in [0.1, 0.15) is 48.2 Å². The zero-order valence-corrected chi connectivity index (χ0v) is 17.0. The molecule has 1 unspecified atom stereocenters. The molecule has 0 aliphatic carbocycles. The summed E-state index contributed by atoms with van der Waals surface area (Å²) in [6.45, 7) is 5.80. The van der Waals surface area contributed by atoms with Crippen molar-refractivity contribution in [3.63, 3.8) is 0 Å². The van der Waals surface area contributed by atoms with Gasteiger partial charge in [0.1, 0.15) is 0 Å². The van der Waals surface area contributed by atoms with Gasteiger partial charge in [-0.1, -0.05) is 67.6 Å². The highest BCUT2D eigenvalue weighted by molar-refractivity contribution is 5.22. The maximum atomic E-state index is 3.69. The van der Waals surface area contributed by atoms with Crippen LogP contribution in [0.4, 0.5) is 0 Å². The predicted octanol–water partition coefficient (Wildman–Crippen LogP) is 5.82. The van der Waals surface area contributed by atoms with E-state index >= 15 is 0 Å². The molecule has 1 aromatic heterocycles. The lowest BCUT2D eigenvalue weighted by molar-refractivity contribution is 0.175. The second-order valence-corrected chi connectivity index (χ2v) is 8.44. The summed E-state index contributed by atoms with van der Waals surface area (Å²) in [4.78, 5) is 6.30. The molecule has 2 heteroatoms. The summed E-state index contributed by atoms with van der Waals surface area (Å²) < 4.78 is 0. The molecule has 0 spiro atoms. The first-order valence-corrected chi connectivity index (χ1v) is 10.7. The van der Waals surface area contributed by atoms with E-state index in [9.17, 15) is 0 Å². The van der Waals surface area contributed by atoms with Crippen LogP contribution in [0, 0.1) is 5.92 Å². The molecule has 1 N–H and O–H groups in total. The van der Waals surface area contributed by atoms with Gasteiger partial charge in [-0.2, -0.15) is 0 Å². The van der Waals surface area contributed by atoms with Crippen LogP contribution in [0.3, 0.4) is 0 Å². The molecule has 0 amide bonds. The number of aromatic nitrogens is 1. The van der Waals surface area contributed by atoms with E-state index in [4.69, 9.17) is 0 Å². The van der Waals surface area contributed by atoms with Crippen molar-refractivity contribution >= 4 is 0 Å². The van der Waals surface area contributed by atoms with Crippen molar-refractivity contribution in [3.05, 3.63) is 95.3 Å². The number of hydrogen-bond acceptors (Lipinski definition) is 1. The summed E-state index contributed by atoms with van der Waals surface area (Å²) in [7, 11) is 0. The van der Waals surface area contributed by atoms with Crippen LogP contribution in [0.15, 0.2) is 72.8 Å². The Bertz CT molecular complexity index is 829. The highest BCUT2D eigenvalue weighted by atomic mass is 15.1. The molecule has 1 aliphatic heterocycles. The van der Waals surface area contributed by atoms with Crippen LogP contribution in [0.5, 0.6) is 0 Å². The van der Waals surface area contributed by atoms with Gasteiger partial charge in [-0.05, 0) is 68.0 Å². The average molecular weight is 373 g/mol. The molecule has 1 saturated heterocycles. The zero-order valence-electron chi connectivity index (χ0n) is 17.0. The average Bonchev–Trinajstić information content (AvgIpc) is 3.20. The molecule has 1 fully saturated rings. The smallest absolute Gasteiger partial charge is 0.0385 e. The lowest BCUT2D eigenvalue weighted by Gasteiger charge is -2.31. The predicted molar refractivity (Wildman–Crippen MR) is 118 cm³/mol. The fraction of sp³-hybridized carbons (Fsp3) is 0.385. The summed E-state index contributed by atoms with van der Waals surface area (Å²) >= 11 is 0.